The van der Waals surface area contributed by atoms with Crippen LogP contribution in [0.4, 0.5) is 0 Å². The predicted molar refractivity (Wildman–Crippen MR) is 55.0 cm³/mol. The van der Waals surface area contributed by atoms with Gasteiger partial charge in [-0.1, -0.05) is 13.3 Å². The second-order valence-electron chi connectivity index (χ2n) is 3.88. The molecular weight excluding hydrogens is 180 g/mol. The summed E-state index contributed by atoms with van der Waals surface area (Å²) < 4.78 is 0. The maximum absolute atomic E-state index is 11.3. The minimum Gasteiger partial charge on any atom is -0.392 e. The molecule has 0 aromatic rings. The van der Waals surface area contributed by atoms with Crippen molar-refractivity contribution in [3.05, 3.63) is 0 Å². The van der Waals surface area contributed by atoms with Crippen molar-refractivity contribution in [2.24, 2.45) is 0 Å². The molecule has 0 aliphatic carbocycles. The average Bonchev–Trinajstić information content (AvgIpc) is 2.52. The van der Waals surface area contributed by atoms with Crippen molar-refractivity contribution in [3.63, 3.8) is 0 Å². The first-order valence-corrected chi connectivity index (χ1v) is 5.39. The highest BCUT2D eigenvalue weighted by Gasteiger charge is 2.21. The number of unbranched alkanes of at least 4 members (excludes halogenated alkanes) is 1. The van der Waals surface area contributed by atoms with E-state index in [0.29, 0.717) is 13.1 Å². The van der Waals surface area contributed by atoms with Crippen LogP contribution in [0.25, 0.3) is 0 Å². The van der Waals surface area contributed by atoms with Crippen molar-refractivity contribution in [2.45, 2.75) is 32.3 Å². The van der Waals surface area contributed by atoms with Crippen molar-refractivity contribution in [1.82, 2.24) is 10.2 Å². The van der Waals surface area contributed by atoms with E-state index in [1.807, 2.05) is 4.90 Å². The van der Waals surface area contributed by atoms with Gasteiger partial charge in [-0.25, -0.2) is 0 Å². The SMILES string of the molecule is CCCCNC(=O)CN1CCC(O)C1. The summed E-state index contributed by atoms with van der Waals surface area (Å²) in [6.07, 6.45) is 2.69. The van der Waals surface area contributed by atoms with Crippen LogP contribution in [-0.2, 0) is 4.79 Å². The molecule has 82 valence electrons. The van der Waals surface area contributed by atoms with Gasteiger partial charge in [0.05, 0.1) is 12.6 Å². The highest BCUT2D eigenvalue weighted by molar-refractivity contribution is 5.78. The Balaban J connectivity index is 2.08. The third-order valence-corrected chi connectivity index (χ3v) is 2.47. The summed E-state index contributed by atoms with van der Waals surface area (Å²) in [4.78, 5) is 13.3. The van der Waals surface area contributed by atoms with Gasteiger partial charge in [0.25, 0.3) is 0 Å². The molecule has 0 aromatic carbocycles. The predicted octanol–water partition coefficient (Wildman–Crippen LogP) is -0.0307. The fourth-order valence-corrected chi connectivity index (χ4v) is 1.62. The number of aliphatic hydroxyl groups excluding tert-OH is 1. The zero-order valence-corrected chi connectivity index (χ0v) is 8.83. The standard InChI is InChI=1S/C10H20N2O2/c1-2-3-5-11-10(14)8-12-6-4-9(13)7-12/h9,13H,2-8H2,1H3,(H,11,14). The van der Waals surface area contributed by atoms with E-state index < -0.39 is 0 Å². The number of nitrogens with one attached hydrogen (secondary N) is 1. The Hall–Kier alpha value is -0.610. The highest BCUT2D eigenvalue weighted by Crippen LogP contribution is 2.07. The van der Waals surface area contributed by atoms with Crippen molar-refractivity contribution in [2.75, 3.05) is 26.2 Å². The number of rotatable bonds is 5. The van der Waals surface area contributed by atoms with Crippen LogP contribution in [0.2, 0.25) is 0 Å². The molecule has 2 N–H and O–H groups in total. The maximum Gasteiger partial charge on any atom is 0.234 e. The molecular formula is C10H20N2O2. The first-order chi connectivity index (χ1) is 6.72. The summed E-state index contributed by atoms with van der Waals surface area (Å²) in [6, 6.07) is 0. The summed E-state index contributed by atoms with van der Waals surface area (Å²) >= 11 is 0. The molecule has 1 aliphatic rings. The number of amides is 1. The van der Waals surface area contributed by atoms with E-state index in [1.54, 1.807) is 0 Å². The third kappa shape index (κ3) is 4.07. The van der Waals surface area contributed by atoms with Gasteiger partial charge in [0.1, 0.15) is 0 Å². The number of carbonyl (C=O) groups is 1. The molecule has 0 radical (unpaired) electrons. The van der Waals surface area contributed by atoms with Gasteiger partial charge in [-0.05, 0) is 12.8 Å². The van der Waals surface area contributed by atoms with Gasteiger partial charge in [0, 0.05) is 19.6 Å². The molecule has 0 saturated carbocycles. The van der Waals surface area contributed by atoms with E-state index >= 15 is 0 Å². The van der Waals surface area contributed by atoms with E-state index in [1.165, 1.54) is 0 Å². The minimum absolute atomic E-state index is 0.0764. The van der Waals surface area contributed by atoms with Gasteiger partial charge in [0.15, 0.2) is 0 Å². The van der Waals surface area contributed by atoms with Crippen LogP contribution in [0, 0.1) is 0 Å². The van der Waals surface area contributed by atoms with Crippen LogP contribution in [0.1, 0.15) is 26.2 Å². The minimum atomic E-state index is -0.238. The second-order valence-corrected chi connectivity index (χ2v) is 3.88. The van der Waals surface area contributed by atoms with Gasteiger partial charge in [-0.15, -0.1) is 0 Å². The Morgan fingerprint density at radius 2 is 2.43 bits per heavy atom. The Bertz CT molecular complexity index is 185. The van der Waals surface area contributed by atoms with Crippen LogP contribution < -0.4 is 5.32 Å². The number of nitrogens with zero attached hydrogens (tertiary/aromatic N) is 1. The summed E-state index contributed by atoms with van der Waals surface area (Å²) in [5, 5.41) is 12.1. The molecule has 1 aliphatic heterocycles. The van der Waals surface area contributed by atoms with E-state index in [2.05, 4.69) is 12.2 Å². The Kier molecular flexibility index (Phi) is 4.90. The van der Waals surface area contributed by atoms with Crippen LogP contribution in [0.15, 0.2) is 0 Å². The van der Waals surface area contributed by atoms with Crippen molar-refractivity contribution >= 4 is 5.91 Å². The lowest BCUT2D eigenvalue weighted by atomic mass is 10.3. The lowest BCUT2D eigenvalue weighted by Gasteiger charge is -2.14. The lowest BCUT2D eigenvalue weighted by Crippen LogP contribution is -2.36. The van der Waals surface area contributed by atoms with Gasteiger partial charge in [0.2, 0.25) is 5.91 Å². The van der Waals surface area contributed by atoms with Crippen LogP contribution >= 0.6 is 0 Å². The maximum atomic E-state index is 11.3. The van der Waals surface area contributed by atoms with E-state index in [0.717, 1.165) is 32.4 Å². The number of hydrogen-bond donors (Lipinski definition) is 2. The van der Waals surface area contributed by atoms with Crippen LogP contribution in [0.3, 0.4) is 0 Å². The molecule has 1 rings (SSSR count). The number of carbonyl (C=O) groups excluding carboxylic acids is 1. The second kappa shape index (κ2) is 5.98. The van der Waals surface area contributed by atoms with Crippen LogP contribution in [0.5, 0.6) is 0 Å². The summed E-state index contributed by atoms with van der Waals surface area (Å²) in [5.74, 6) is 0.0764. The fourth-order valence-electron chi connectivity index (χ4n) is 1.62. The Labute approximate surface area is 85.3 Å². The molecule has 4 nitrogen and oxygen atoms in total. The smallest absolute Gasteiger partial charge is 0.234 e. The van der Waals surface area contributed by atoms with Gasteiger partial charge >= 0.3 is 0 Å². The first-order valence-electron chi connectivity index (χ1n) is 5.39. The number of hydrogen-bond acceptors (Lipinski definition) is 3. The molecule has 1 unspecified atom stereocenters. The first kappa shape index (κ1) is 11.5. The van der Waals surface area contributed by atoms with Gasteiger partial charge < -0.3 is 10.4 Å². The molecule has 0 spiro atoms. The lowest BCUT2D eigenvalue weighted by molar-refractivity contribution is -0.122. The molecule has 14 heavy (non-hydrogen) atoms. The van der Waals surface area contributed by atoms with E-state index in [4.69, 9.17) is 0 Å². The van der Waals surface area contributed by atoms with E-state index in [-0.39, 0.29) is 12.0 Å². The molecule has 1 fully saturated rings. The van der Waals surface area contributed by atoms with Gasteiger partial charge in [-0.3, -0.25) is 9.69 Å². The molecule has 0 bridgehead atoms. The molecule has 1 amide bonds. The largest absolute Gasteiger partial charge is 0.392 e. The molecule has 1 atom stereocenters. The summed E-state index contributed by atoms with van der Waals surface area (Å²) in [6.45, 7) is 4.78. The topological polar surface area (TPSA) is 52.6 Å². The van der Waals surface area contributed by atoms with E-state index in [9.17, 15) is 9.90 Å². The van der Waals surface area contributed by atoms with Crippen molar-refractivity contribution in [3.8, 4) is 0 Å². The monoisotopic (exact) mass is 200 g/mol. The highest BCUT2D eigenvalue weighted by atomic mass is 16.3. The molecule has 1 heterocycles. The van der Waals surface area contributed by atoms with Gasteiger partial charge in [-0.2, -0.15) is 0 Å². The third-order valence-electron chi connectivity index (χ3n) is 2.47. The zero-order chi connectivity index (χ0) is 10.4. The number of β-amino-alcohol motifs (C(OH)–C–C–N with tert-alkyl or cyclic N) is 1. The van der Waals surface area contributed by atoms with Crippen molar-refractivity contribution in [1.29, 1.82) is 0 Å². The summed E-state index contributed by atoms with van der Waals surface area (Å²) in [7, 11) is 0. The Morgan fingerprint density at radius 1 is 1.64 bits per heavy atom. The number of aliphatic hydroxyl groups is 1. The average molecular weight is 200 g/mol. The molecule has 0 aromatic heterocycles. The quantitative estimate of drug-likeness (QED) is 0.613. The normalized spacial score (nSPS) is 22.6. The molecule has 4 heteroatoms. The van der Waals surface area contributed by atoms with Crippen molar-refractivity contribution < 1.29 is 9.90 Å². The number of likely N-dealkylation sites (tertiary alicyclic amines) is 1. The van der Waals surface area contributed by atoms with Crippen LogP contribution in [-0.4, -0.2) is 48.2 Å². The fraction of sp³-hybridized carbons (Fsp3) is 0.900. The summed E-state index contributed by atoms with van der Waals surface area (Å²) in [5.41, 5.74) is 0. The molecule has 1 saturated heterocycles. The Morgan fingerprint density at radius 3 is 3.00 bits per heavy atom. The zero-order valence-electron chi connectivity index (χ0n) is 8.83.